The summed E-state index contributed by atoms with van der Waals surface area (Å²) in [7, 11) is -3.64. The number of aliphatic hydroxyl groups excluding tert-OH is 1. The third kappa shape index (κ3) is 2.51. The van der Waals surface area contributed by atoms with Gasteiger partial charge in [0.05, 0.1) is 11.1 Å². The summed E-state index contributed by atoms with van der Waals surface area (Å²) < 4.78 is 26.3. The lowest BCUT2D eigenvalue weighted by Gasteiger charge is -2.17. The van der Waals surface area contributed by atoms with Gasteiger partial charge in [0.1, 0.15) is 4.90 Å². The van der Waals surface area contributed by atoms with Crippen molar-refractivity contribution in [3.63, 3.8) is 0 Å². The van der Waals surface area contributed by atoms with Gasteiger partial charge in [0.15, 0.2) is 0 Å². The van der Waals surface area contributed by atoms with E-state index in [4.69, 9.17) is 11.6 Å². The van der Waals surface area contributed by atoms with Crippen molar-refractivity contribution < 1.29 is 13.5 Å². The quantitative estimate of drug-likeness (QED) is 0.894. The summed E-state index contributed by atoms with van der Waals surface area (Å²) in [6.07, 6.45) is -0.132. The van der Waals surface area contributed by atoms with Gasteiger partial charge in [-0.3, -0.25) is 0 Å². The van der Waals surface area contributed by atoms with Crippen molar-refractivity contribution in [2.45, 2.75) is 17.4 Å². The van der Waals surface area contributed by atoms with Crippen LogP contribution in [-0.2, 0) is 10.0 Å². The van der Waals surface area contributed by atoms with E-state index in [0.717, 1.165) is 0 Å². The Morgan fingerprint density at radius 3 is 2.71 bits per heavy atom. The van der Waals surface area contributed by atoms with Crippen LogP contribution < -0.4 is 0 Å². The standard InChI is InChI=1S/C10H11BrClNO3S/c11-8-2-1-3-9(12)10(8)17(15,16)13-5-4-7(14)6-13/h1-3,7,14H,4-6H2/t7-/m0/s1. The number of sulfonamides is 1. The van der Waals surface area contributed by atoms with E-state index in [0.29, 0.717) is 17.4 Å². The lowest BCUT2D eigenvalue weighted by atomic mass is 10.3. The summed E-state index contributed by atoms with van der Waals surface area (Å²) >= 11 is 9.12. The van der Waals surface area contributed by atoms with Crippen molar-refractivity contribution in [3.05, 3.63) is 27.7 Å². The molecule has 0 aromatic heterocycles. The van der Waals surface area contributed by atoms with E-state index in [1.807, 2.05) is 0 Å². The highest BCUT2D eigenvalue weighted by atomic mass is 79.9. The minimum atomic E-state index is -3.64. The van der Waals surface area contributed by atoms with E-state index in [1.54, 1.807) is 12.1 Å². The van der Waals surface area contributed by atoms with Crippen molar-refractivity contribution in [1.29, 1.82) is 0 Å². The van der Waals surface area contributed by atoms with Crippen LogP contribution in [0.25, 0.3) is 0 Å². The molecule has 1 aromatic carbocycles. The van der Waals surface area contributed by atoms with Crippen LogP contribution in [-0.4, -0.2) is 37.0 Å². The fourth-order valence-corrected chi connectivity index (χ4v) is 4.95. The molecule has 0 aliphatic carbocycles. The van der Waals surface area contributed by atoms with Gasteiger partial charge in [0, 0.05) is 17.6 Å². The van der Waals surface area contributed by atoms with Gasteiger partial charge < -0.3 is 5.11 Å². The summed E-state index contributed by atoms with van der Waals surface area (Å²) in [5.74, 6) is 0. The molecule has 1 aliphatic rings. The van der Waals surface area contributed by atoms with Gasteiger partial charge in [-0.05, 0) is 34.5 Å². The molecule has 0 radical (unpaired) electrons. The zero-order chi connectivity index (χ0) is 12.6. The molecule has 0 spiro atoms. The smallest absolute Gasteiger partial charge is 0.245 e. The maximum atomic E-state index is 12.3. The van der Waals surface area contributed by atoms with Crippen LogP contribution in [0.1, 0.15) is 6.42 Å². The van der Waals surface area contributed by atoms with E-state index in [-0.39, 0.29) is 16.5 Å². The maximum absolute atomic E-state index is 12.3. The SMILES string of the molecule is O=S(=O)(c1c(Cl)cccc1Br)N1CC[C@H](O)C1. The highest BCUT2D eigenvalue weighted by Gasteiger charge is 2.34. The first-order chi connectivity index (χ1) is 7.93. The number of hydrogen-bond acceptors (Lipinski definition) is 3. The highest BCUT2D eigenvalue weighted by Crippen LogP contribution is 2.33. The van der Waals surface area contributed by atoms with Crippen molar-refractivity contribution in [1.82, 2.24) is 4.31 Å². The van der Waals surface area contributed by atoms with Gasteiger partial charge in [0.25, 0.3) is 0 Å². The number of nitrogens with zero attached hydrogens (tertiary/aromatic N) is 1. The van der Waals surface area contributed by atoms with E-state index >= 15 is 0 Å². The van der Waals surface area contributed by atoms with Gasteiger partial charge in [-0.15, -0.1) is 0 Å². The van der Waals surface area contributed by atoms with Gasteiger partial charge in [-0.1, -0.05) is 17.7 Å². The number of benzene rings is 1. The van der Waals surface area contributed by atoms with Gasteiger partial charge in [-0.25, -0.2) is 8.42 Å². The first-order valence-electron chi connectivity index (χ1n) is 5.05. The van der Waals surface area contributed by atoms with E-state index in [1.165, 1.54) is 10.4 Å². The number of β-amino-alcohol motifs (C(OH)–C–C–N with tert-alkyl or cyclic N) is 1. The average molecular weight is 341 g/mol. The van der Waals surface area contributed by atoms with Crippen molar-refractivity contribution >= 4 is 37.6 Å². The predicted molar refractivity (Wildman–Crippen MR) is 68.5 cm³/mol. The molecule has 0 bridgehead atoms. The predicted octanol–water partition coefficient (Wildman–Crippen LogP) is 1.86. The molecule has 1 aromatic rings. The summed E-state index contributed by atoms with van der Waals surface area (Å²) in [5.41, 5.74) is 0. The Balaban J connectivity index is 2.45. The Hall–Kier alpha value is -0.140. The van der Waals surface area contributed by atoms with E-state index in [2.05, 4.69) is 15.9 Å². The summed E-state index contributed by atoms with van der Waals surface area (Å²) in [4.78, 5) is 0.0655. The van der Waals surface area contributed by atoms with Crippen LogP contribution in [0.3, 0.4) is 0 Å². The van der Waals surface area contributed by atoms with Gasteiger partial charge >= 0.3 is 0 Å². The Morgan fingerprint density at radius 2 is 2.18 bits per heavy atom. The Labute approximate surface area is 113 Å². The molecule has 1 N–H and O–H groups in total. The lowest BCUT2D eigenvalue weighted by Crippen LogP contribution is -2.30. The third-order valence-corrected chi connectivity index (χ3v) is 5.96. The van der Waals surface area contributed by atoms with Crippen LogP contribution in [0.2, 0.25) is 5.02 Å². The summed E-state index contributed by atoms with van der Waals surface area (Å²) in [6, 6.07) is 4.83. The number of rotatable bonds is 2. The molecule has 17 heavy (non-hydrogen) atoms. The topological polar surface area (TPSA) is 57.6 Å². The normalized spacial score (nSPS) is 21.9. The van der Waals surface area contributed by atoms with Crippen molar-refractivity contribution in [2.24, 2.45) is 0 Å². The fraction of sp³-hybridized carbons (Fsp3) is 0.400. The second-order valence-corrected chi connectivity index (χ2v) is 6.99. The zero-order valence-corrected chi connectivity index (χ0v) is 12.0. The molecule has 1 aliphatic heterocycles. The first kappa shape index (κ1) is 13.3. The number of aliphatic hydroxyl groups is 1. The number of hydrogen-bond donors (Lipinski definition) is 1. The van der Waals surface area contributed by atoms with Gasteiger partial charge in [-0.2, -0.15) is 4.31 Å². The molecule has 94 valence electrons. The zero-order valence-electron chi connectivity index (χ0n) is 8.81. The molecule has 7 heteroatoms. The van der Waals surface area contributed by atoms with Crippen molar-refractivity contribution in [3.8, 4) is 0 Å². The average Bonchev–Trinajstić information content (AvgIpc) is 2.64. The highest BCUT2D eigenvalue weighted by molar-refractivity contribution is 9.10. The third-order valence-electron chi connectivity index (χ3n) is 2.64. The minimum Gasteiger partial charge on any atom is -0.392 e. The largest absolute Gasteiger partial charge is 0.392 e. The molecule has 0 unspecified atom stereocenters. The molecule has 4 nitrogen and oxygen atoms in total. The fourth-order valence-electron chi connectivity index (χ4n) is 1.79. The Bertz CT molecular complexity index is 514. The molecule has 0 saturated carbocycles. The maximum Gasteiger partial charge on any atom is 0.245 e. The van der Waals surface area contributed by atoms with Crippen LogP contribution in [0.5, 0.6) is 0 Å². The van der Waals surface area contributed by atoms with E-state index < -0.39 is 16.1 Å². The Morgan fingerprint density at radius 1 is 1.47 bits per heavy atom. The molecule has 2 rings (SSSR count). The minimum absolute atomic E-state index is 0.0655. The number of halogens is 2. The lowest BCUT2D eigenvalue weighted by molar-refractivity contribution is 0.189. The molecular formula is C10H11BrClNO3S. The first-order valence-corrected chi connectivity index (χ1v) is 7.66. The molecular weight excluding hydrogens is 330 g/mol. The molecule has 1 atom stereocenters. The molecule has 1 saturated heterocycles. The molecule has 1 heterocycles. The van der Waals surface area contributed by atoms with Crippen LogP contribution >= 0.6 is 27.5 Å². The van der Waals surface area contributed by atoms with Gasteiger partial charge in [0.2, 0.25) is 10.0 Å². The molecule has 1 fully saturated rings. The second-order valence-electron chi connectivity index (χ2n) is 3.86. The monoisotopic (exact) mass is 339 g/mol. The Kier molecular flexibility index (Phi) is 3.80. The second kappa shape index (κ2) is 4.85. The van der Waals surface area contributed by atoms with Crippen LogP contribution in [0.15, 0.2) is 27.6 Å². The van der Waals surface area contributed by atoms with Crippen LogP contribution in [0, 0.1) is 0 Å². The van der Waals surface area contributed by atoms with E-state index in [9.17, 15) is 13.5 Å². The molecule has 0 amide bonds. The van der Waals surface area contributed by atoms with Crippen molar-refractivity contribution in [2.75, 3.05) is 13.1 Å². The summed E-state index contributed by atoms with van der Waals surface area (Å²) in [5, 5.41) is 9.58. The van der Waals surface area contributed by atoms with Crippen LogP contribution in [0.4, 0.5) is 0 Å². The summed E-state index contributed by atoms with van der Waals surface area (Å²) in [6.45, 7) is 0.446.